The first kappa shape index (κ1) is 21.2. The third-order valence-corrected chi connectivity index (χ3v) is 5.33. The molecular weight excluding hydrogens is 420 g/mol. The fraction of sp³-hybridized carbons (Fsp3) is 0.320. The number of nitrogens with zero attached hydrogens (tertiary/aromatic N) is 4. The summed E-state index contributed by atoms with van der Waals surface area (Å²) in [6.07, 6.45) is 0.0448. The van der Waals surface area contributed by atoms with E-state index >= 15 is 0 Å². The minimum Gasteiger partial charge on any atom is -0.494 e. The van der Waals surface area contributed by atoms with Gasteiger partial charge in [0.25, 0.3) is 5.89 Å². The standard InChI is InChI=1S/C25H26N4O4/c1-4-30-20-9-5-17(6-10-20)23-14-29-19(15-31-23)13-22(27-29)25-26-24(28-33-25)18-7-11-21(12-8-18)32-16(2)3/h5-13,16,23H,4,14-15H2,1-3H3/t23-/m1/s1. The van der Waals surface area contributed by atoms with E-state index in [1.54, 1.807) is 0 Å². The second kappa shape index (κ2) is 9.07. The van der Waals surface area contributed by atoms with Crippen molar-refractivity contribution in [3.63, 3.8) is 0 Å². The minimum absolute atomic E-state index is 0.0780. The van der Waals surface area contributed by atoms with Crippen LogP contribution in [0, 0.1) is 0 Å². The van der Waals surface area contributed by atoms with Crippen molar-refractivity contribution in [3.05, 3.63) is 65.9 Å². The summed E-state index contributed by atoms with van der Waals surface area (Å²) in [5.74, 6) is 2.55. The fourth-order valence-electron chi connectivity index (χ4n) is 3.78. The first-order chi connectivity index (χ1) is 16.1. The van der Waals surface area contributed by atoms with Crippen LogP contribution >= 0.6 is 0 Å². The lowest BCUT2D eigenvalue weighted by atomic mass is 10.1. The van der Waals surface area contributed by atoms with E-state index in [9.17, 15) is 0 Å². The molecule has 8 heteroatoms. The number of benzene rings is 2. The lowest BCUT2D eigenvalue weighted by Gasteiger charge is -2.24. The summed E-state index contributed by atoms with van der Waals surface area (Å²) >= 11 is 0. The van der Waals surface area contributed by atoms with Gasteiger partial charge < -0.3 is 18.7 Å². The Balaban J connectivity index is 1.30. The van der Waals surface area contributed by atoms with E-state index in [4.69, 9.17) is 23.8 Å². The maximum atomic E-state index is 6.07. The molecule has 33 heavy (non-hydrogen) atoms. The second-order valence-corrected chi connectivity index (χ2v) is 8.12. The number of rotatable bonds is 7. The average Bonchev–Trinajstić information content (AvgIpc) is 3.47. The van der Waals surface area contributed by atoms with Crippen LogP contribution in [0.1, 0.15) is 38.1 Å². The zero-order chi connectivity index (χ0) is 22.8. The monoisotopic (exact) mass is 446 g/mol. The van der Waals surface area contributed by atoms with E-state index in [0.717, 1.165) is 28.3 Å². The van der Waals surface area contributed by atoms with Crippen molar-refractivity contribution in [2.24, 2.45) is 0 Å². The summed E-state index contributed by atoms with van der Waals surface area (Å²) in [5, 5.41) is 8.82. The Labute approximate surface area is 192 Å². The number of fused-ring (bicyclic) bond motifs is 1. The van der Waals surface area contributed by atoms with E-state index in [-0.39, 0.29) is 12.2 Å². The van der Waals surface area contributed by atoms with Crippen molar-refractivity contribution < 1.29 is 18.7 Å². The highest BCUT2D eigenvalue weighted by Gasteiger charge is 2.24. The van der Waals surface area contributed by atoms with Gasteiger partial charge in [-0.25, -0.2) is 0 Å². The van der Waals surface area contributed by atoms with Gasteiger partial charge in [0, 0.05) is 5.56 Å². The predicted molar refractivity (Wildman–Crippen MR) is 122 cm³/mol. The van der Waals surface area contributed by atoms with Crippen LogP contribution in [0.15, 0.2) is 59.1 Å². The molecule has 5 rings (SSSR count). The molecule has 0 unspecified atom stereocenters. The van der Waals surface area contributed by atoms with Crippen LogP contribution in [0.25, 0.3) is 23.0 Å². The van der Waals surface area contributed by atoms with E-state index in [0.29, 0.717) is 37.2 Å². The number of hydrogen-bond donors (Lipinski definition) is 0. The fourth-order valence-corrected chi connectivity index (χ4v) is 3.78. The SMILES string of the molecule is CCOc1ccc([C@H]2Cn3nc(-c4nc(-c5ccc(OC(C)C)cc5)no4)cc3CO2)cc1. The molecule has 0 fully saturated rings. The molecule has 0 radical (unpaired) electrons. The van der Waals surface area contributed by atoms with Gasteiger partial charge in [0.2, 0.25) is 5.82 Å². The topological polar surface area (TPSA) is 84.4 Å². The molecule has 4 aromatic rings. The first-order valence-corrected chi connectivity index (χ1v) is 11.1. The number of hydrogen-bond acceptors (Lipinski definition) is 7. The molecule has 2 aromatic heterocycles. The van der Waals surface area contributed by atoms with Crippen molar-refractivity contribution >= 4 is 0 Å². The van der Waals surface area contributed by atoms with E-state index < -0.39 is 0 Å². The maximum absolute atomic E-state index is 6.07. The van der Waals surface area contributed by atoms with Crippen LogP contribution in [0.3, 0.4) is 0 Å². The van der Waals surface area contributed by atoms with Gasteiger partial charge in [-0.05, 0) is 68.8 Å². The summed E-state index contributed by atoms with van der Waals surface area (Å²) in [5.41, 5.74) is 3.55. The lowest BCUT2D eigenvalue weighted by Crippen LogP contribution is -2.21. The Morgan fingerprint density at radius 2 is 1.82 bits per heavy atom. The molecule has 1 aliphatic rings. The third-order valence-electron chi connectivity index (χ3n) is 5.33. The van der Waals surface area contributed by atoms with Crippen LogP contribution in [0.5, 0.6) is 11.5 Å². The van der Waals surface area contributed by atoms with Gasteiger partial charge in [-0.1, -0.05) is 17.3 Å². The molecule has 170 valence electrons. The van der Waals surface area contributed by atoms with Crippen LogP contribution in [-0.2, 0) is 17.9 Å². The summed E-state index contributed by atoms with van der Waals surface area (Å²) in [7, 11) is 0. The number of ether oxygens (including phenoxy) is 3. The van der Waals surface area contributed by atoms with Crippen molar-refractivity contribution in [1.29, 1.82) is 0 Å². The average molecular weight is 447 g/mol. The Hall–Kier alpha value is -3.65. The van der Waals surface area contributed by atoms with E-state index in [1.807, 2.05) is 80.1 Å². The van der Waals surface area contributed by atoms with Crippen LogP contribution in [-0.4, -0.2) is 32.6 Å². The molecule has 8 nitrogen and oxygen atoms in total. The molecule has 2 aromatic carbocycles. The Bertz CT molecular complexity index is 1210. The first-order valence-electron chi connectivity index (χ1n) is 11.1. The van der Waals surface area contributed by atoms with Crippen LogP contribution in [0.4, 0.5) is 0 Å². The highest BCUT2D eigenvalue weighted by Crippen LogP contribution is 2.30. The summed E-state index contributed by atoms with van der Waals surface area (Å²) in [4.78, 5) is 4.54. The molecule has 3 heterocycles. The van der Waals surface area contributed by atoms with Crippen LogP contribution in [0.2, 0.25) is 0 Å². The number of aromatic nitrogens is 4. The van der Waals surface area contributed by atoms with E-state index in [1.165, 1.54) is 0 Å². The third kappa shape index (κ3) is 4.61. The lowest BCUT2D eigenvalue weighted by molar-refractivity contribution is -0.00115. The van der Waals surface area contributed by atoms with Gasteiger partial charge in [0.15, 0.2) is 5.69 Å². The van der Waals surface area contributed by atoms with E-state index in [2.05, 4.69) is 10.1 Å². The van der Waals surface area contributed by atoms with Gasteiger partial charge in [-0.15, -0.1) is 0 Å². The summed E-state index contributed by atoms with van der Waals surface area (Å²) in [6, 6.07) is 17.6. The largest absolute Gasteiger partial charge is 0.494 e. The molecule has 0 saturated heterocycles. The smallest absolute Gasteiger partial charge is 0.278 e. The van der Waals surface area contributed by atoms with Crippen molar-refractivity contribution in [2.45, 2.75) is 46.1 Å². The molecule has 0 spiro atoms. The van der Waals surface area contributed by atoms with Crippen LogP contribution < -0.4 is 9.47 Å². The predicted octanol–water partition coefficient (Wildman–Crippen LogP) is 5.06. The summed E-state index contributed by atoms with van der Waals surface area (Å²) in [6.45, 7) is 7.68. The molecule has 1 aliphatic heterocycles. The van der Waals surface area contributed by atoms with Gasteiger partial charge in [0.05, 0.1) is 31.6 Å². The molecule has 0 bridgehead atoms. The Morgan fingerprint density at radius 1 is 1.06 bits per heavy atom. The van der Waals surface area contributed by atoms with Gasteiger partial charge in [-0.2, -0.15) is 10.1 Å². The van der Waals surface area contributed by atoms with Crippen molar-refractivity contribution in [2.75, 3.05) is 6.61 Å². The summed E-state index contributed by atoms with van der Waals surface area (Å²) < 4.78 is 24.7. The molecular formula is C25H26N4O4. The second-order valence-electron chi connectivity index (χ2n) is 8.12. The highest BCUT2D eigenvalue weighted by atomic mass is 16.5. The van der Waals surface area contributed by atoms with Gasteiger partial charge in [0.1, 0.15) is 17.6 Å². The van der Waals surface area contributed by atoms with Gasteiger partial charge >= 0.3 is 0 Å². The highest BCUT2D eigenvalue weighted by molar-refractivity contribution is 5.59. The normalized spacial score (nSPS) is 15.5. The van der Waals surface area contributed by atoms with Crippen molar-refractivity contribution in [1.82, 2.24) is 19.9 Å². The molecule has 1 atom stereocenters. The zero-order valence-corrected chi connectivity index (χ0v) is 18.9. The molecule has 0 amide bonds. The minimum atomic E-state index is -0.0780. The quantitative estimate of drug-likeness (QED) is 0.392. The Morgan fingerprint density at radius 3 is 2.55 bits per heavy atom. The van der Waals surface area contributed by atoms with Gasteiger partial charge in [-0.3, -0.25) is 4.68 Å². The zero-order valence-electron chi connectivity index (χ0n) is 18.9. The maximum Gasteiger partial charge on any atom is 0.278 e. The molecule has 0 aliphatic carbocycles. The Kier molecular flexibility index (Phi) is 5.83. The molecule has 0 N–H and O–H groups in total. The van der Waals surface area contributed by atoms with Crippen molar-refractivity contribution in [3.8, 4) is 34.5 Å². The molecule has 0 saturated carbocycles.